The Morgan fingerprint density at radius 1 is 1.00 bits per heavy atom. The highest BCUT2D eigenvalue weighted by molar-refractivity contribution is 9.11. The first kappa shape index (κ1) is 14.9. The molecule has 0 aliphatic carbocycles. The number of ketones is 1. The van der Waals surface area contributed by atoms with Crippen LogP contribution >= 0.6 is 31.9 Å². The summed E-state index contributed by atoms with van der Waals surface area (Å²) in [6.45, 7) is 2.20. The third kappa shape index (κ3) is 5.82. The van der Waals surface area contributed by atoms with Crippen LogP contribution in [0.25, 0.3) is 0 Å². The van der Waals surface area contributed by atoms with E-state index in [1.54, 1.807) is 0 Å². The minimum atomic E-state index is 0.239. The minimum Gasteiger partial charge on any atom is -0.294 e. The van der Waals surface area contributed by atoms with Crippen molar-refractivity contribution in [2.45, 2.75) is 45.4 Å². The molecule has 94 valence electrons. The Morgan fingerprint density at radius 3 is 2.18 bits per heavy atom. The molecule has 0 aliphatic heterocycles. The van der Waals surface area contributed by atoms with Crippen LogP contribution < -0.4 is 0 Å². The van der Waals surface area contributed by atoms with E-state index in [-0.39, 0.29) is 5.78 Å². The maximum atomic E-state index is 11.9. The van der Waals surface area contributed by atoms with E-state index < -0.39 is 0 Å². The van der Waals surface area contributed by atoms with Gasteiger partial charge in [0.05, 0.1) is 0 Å². The predicted molar refractivity (Wildman–Crippen MR) is 79.5 cm³/mol. The molecule has 1 rings (SSSR count). The van der Waals surface area contributed by atoms with Gasteiger partial charge in [-0.3, -0.25) is 4.79 Å². The van der Waals surface area contributed by atoms with Gasteiger partial charge in [-0.1, -0.05) is 64.5 Å². The average Bonchev–Trinajstić information content (AvgIpc) is 2.27. The zero-order valence-electron chi connectivity index (χ0n) is 10.1. The van der Waals surface area contributed by atoms with Crippen molar-refractivity contribution in [1.82, 2.24) is 0 Å². The SMILES string of the molecule is CCCCCCCC(=O)c1cc(Br)cc(Br)c1. The minimum absolute atomic E-state index is 0.239. The Kier molecular flexibility index (Phi) is 7.05. The van der Waals surface area contributed by atoms with Crippen LogP contribution in [-0.2, 0) is 0 Å². The van der Waals surface area contributed by atoms with Crippen LogP contribution in [0.2, 0.25) is 0 Å². The average molecular weight is 362 g/mol. The summed E-state index contributed by atoms with van der Waals surface area (Å²) in [7, 11) is 0. The smallest absolute Gasteiger partial charge is 0.162 e. The fourth-order valence-electron chi connectivity index (χ4n) is 1.75. The lowest BCUT2D eigenvalue weighted by Crippen LogP contribution is -1.99. The summed E-state index contributed by atoms with van der Waals surface area (Å²) in [4.78, 5) is 11.9. The van der Waals surface area contributed by atoms with Crippen LogP contribution in [0.15, 0.2) is 27.1 Å². The molecule has 0 unspecified atom stereocenters. The third-order valence-corrected chi connectivity index (χ3v) is 3.61. The van der Waals surface area contributed by atoms with Gasteiger partial charge in [0.1, 0.15) is 0 Å². The Morgan fingerprint density at radius 2 is 1.59 bits per heavy atom. The van der Waals surface area contributed by atoms with Crippen LogP contribution in [0.3, 0.4) is 0 Å². The maximum absolute atomic E-state index is 11.9. The first-order valence-corrected chi connectivity index (χ1v) is 7.71. The molecule has 0 spiro atoms. The molecule has 0 heterocycles. The van der Waals surface area contributed by atoms with Gasteiger partial charge in [-0.2, -0.15) is 0 Å². The highest BCUT2D eigenvalue weighted by atomic mass is 79.9. The molecule has 0 saturated heterocycles. The zero-order chi connectivity index (χ0) is 12.7. The van der Waals surface area contributed by atoms with Crippen molar-refractivity contribution in [3.63, 3.8) is 0 Å². The molecule has 0 saturated carbocycles. The van der Waals surface area contributed by atoms with Crippen molar-refractivity contribution in [2.24, 2.45) is 0 Å². The Balaban J connectivity index is 2.41. The predicted octanol–water partition coefficient (Wildman–Crippen LogP) is 5.75. The third-order valence-electron chi connectivity index (χ3n) is 2.69. The number of hydrogen-bond donors (Lipinski definition) is 0. The lowest BCUT2D eigenvalue weighted by molar-refractivity contribution is 0.0979. The fraction of sp³-hybridized carbons (Fsp3) is 0.500. The number of carbonyl (C=O) groups excluding carboxylic acids is 1. The molecule has 0 N–H and O–H groups in total. The summed E-state index contributed by atoms with van der Waals surface area (Å²) < 4.78 is 1.89. The van der Waals surface area contributed by atoms with Gasteiger partial charge >= 0.3 is 0 Å². The molecule has 0 amide bonds. The standard InChI is InChI=1S/C14H18Br2O/c1-2-3-4-5-6-7-14(17)11-8-12(15)10-13(16)9-11/h8-10H,2-7H2,1H3. The quantitative estimate of drug-likeness (QED) is 0.446. The Bertz CT molecular complexity index is 354. The summed E-state index contributed by atoms with van der Waals surface area (Å²) in [5.74, 6) is 0.239. The van der Waals surface area contributed by atoms with Gasteiger partial charge in [-0.25, -0.2) is 0 Å². The first-order chi connectivity index (χ1) is 8.13. The number of unbranched alkanes of at least 4 members (excludes halogenated alkanes) is 4. The number of Topliss-reactive ketones (excluding diaryl/α,β-unsaturated/α-hetero) is 1. The molecule has 17 heavy (non-hydrogen) atoms. The van der Waals surface area contributed by atoms with E-state index in [4.69, 9.17) is 0 Å². The summed E-state index contributed by atoms with van der Waals surface area (Å²) >= 11 is 6.80. The zero-order valence-corrected chi connectivity index (χ0v) is 13.3. The lowest BCUT2D eigenvalue weighted by Gasteiger charge is -2.03. The Hall–Kier alpha value is -0.150. The second-order valence-electron chi connectivity index (χ2n) is 4.25. The molecule has 3 heteroatoms. The van der Waals surface area contributed by atoms with Gasteiger partial charge in [0, 0.05) is 20.9 Å². The van der Waals surface area contributed by atoms with Crippen molar-refractivity contribution in [1.29, 1.82) is 0 Å². The Labute approximate surface area is 120 Å². The van der Waals surface area contributed by atoms with Gasteiger partial charge in [-0.15, -0.1) is 0 Å². The largest absolute Gasteiger partial charge is 0.294 e. The van der Waals surface area contributed by atoms with Crippen molar-refractivity contribution >= 4 is 37.6 Å². The van der Waals surface area contributed by atoms with Gasteiger partial charge in [-0.05, 0) is 24.6 Å². The van der Waals surface area contributed by atoms with Crippen molar-refractivity contribution in [3.8, 4) is 0 Å². The number of halogens is 2. The molecule has 1 aromatic rings. The summed E-state index contributed by atoms with van der Waals surface area (Å²) in [6, 6.07) is 5.72. The number of rotatable bonds is 7. The molecule has 0 bridgehead atoms. The van der Waals surface area contributed by atoms with Crippen LogP contribution in [0.5, 0.6) is 0 Å². The maximum Gasteiger partial charge on any atom is 0.162 e. The van der Waals surface area contributed by atoms with E-state index in [0.717, 1.165) is 27.4 Å². The fourth-order valence-corrected chi connectivity index (χ4v) is 3.04. The van der Waals surface area contributed by atoms with Crippen molar-refractivity contribution in [2.75, 3.05) is 0 Å². The highest BCUT2D eigenvalue weighted by Gasteiger charge is 2.07. The van der Waals surface area contributed by atoms with Gasteiger partial charge < -0.3 is 0 Å². The molecular formula is C14H18Br2O. The second-order valence-corrected chi connectivity index (χ2v) is 6.08. The summed E-state index contributed by atoms with van der Waals surface area (Å²) in [5.41, 5.74) is 0.793. The summed E-state index contributed by atoms with van der Waals surface area (Å²) in [5, 5.41) is 0. The highest BCUT2D eigenvalue weighted by Crippen LogP contribution is 2.21. The van der Waals surface area contributed by atoms with E-state index >= 15 is 0 Å². The van der Waals surface area contributed by atoms with Crippen LogP contribution in [0.1, 0.15) is 55.8 Å². The monoisotopic (exact) mass is 360 g/mol. The molecule has 1 nitrogen and oxygen atoms in total. The molecule has 0 aromatic heterocycles. The van der Waals surface area contributed by atoms with Crippen LogP contribution in [0, 0.1) is 0 Å². The van der Waals surface area contributed by atoms with Crippen molar-refractivity contribution in [3.05, 3.63) is 32.7 Å². The number of hydrogen-bond acceptors (Lipinski definition) is 1. The molecule has 1 aromatic carbocycles. The van der Waals surface area contributed by atoms with Gasteiger partial charge in [0.2, 0.25) is 0 Å². The van der Waals surface area contributed by atoms with E-state index in [1.165, 1.54) is 19.3 Å². The molecule has 0 radical (unpaired) electrons. The van der Waals surface area contributed by atoms with Crippen molar-refractivity contribution < 1.29 is 4.79 Å². The molecule has 0 atom stereocenters. The lowest BCUT2D eigenvalue weighted by atomic mass is 10.0. The van der Waals surface area contributed by atoms with E-state index in [9.17, 15) is 4.79 Å². The van der Waals surface area contributed by atoms with Gasteiger partial charge in [0.15, 0.2) is 5.78 Å². The molecular weight excluding hydrogens is 344 g/mol. The molecule has 0 fully saturated rings. The van der Waals surface area contributed by atoms with Gasteiger partial charge in [0.25, 0.3) is 0 Å². The number of carbonyl (C=O) groups is 1. The first-order valence-electron chi connectivity index (χ1n) is 6.12. The van der Waals surface area contributed by atoms with E-state index in [1.807, 2.05) is 18.2 Å². The van der Waals surface area contributed by atoms with Crippen LogP contribution in [-0.4, -0.2) is 5.78 Å². The van der Waals surface area contributed by atoms with E-state index in [0.29, 0.717) is 6.42 Å². The second kappa shape index (κ2) is 8.04. The topological polar surface area (TPSA) is 17.1 Å². The van der Waals surface area contributed by atoms with Crippen LogP contribution in [0.4, 0.5) is 0 Å². The summed E-state index contributed by atoms with van der Waals surface area (Å²) in [6.07, 6.45) is 6.58. The van der Waals surface area contributed by atoms with E-state index in [2.05, 4.69) is 38.8 Å². The normalized spacial score (nSPS) is 10.5. The molecule has 0 aliphatic rings. The number of benzene rings is 1.